The monoisotopic (exact) mass is 222 g/mol. The predicted octanol–water partition coefficient (Wildman–Crippen LogP) is 5.42. The molecule has 0 N–H and O–H groups in total. The summed E-state index contributed by atoms with van der Waals surface area (Å²) in [5.74, 6) is 1.99. The number of unbranched alkanes of at least 4 members (excludes halogenated alkanes) is 1. The molecule has 16 heavy (non-hydrogen) atoms. The predicted molar refractivity (Wildman–Crippen MR) is 71.5 cm³/mol. The summed E-state index contributed by atoms with van der Waals surface area (Å²) in [6.07, 6.45) is 11.9. The number of rotatable bonds is 5. The molecule has 2 fully saturated rings. The van der Waals surface area contributed by atoms with Crippen LogP contribution in [-0.2, 0) is 0 Å². The third-order valence-electron chi connectivity index (χ3n) is 5.39. The minimum absolute atomic E-state index is 0.706. The summed E-state index contributed by atoms with van der Waals surface area (Å²) in [7, 11) is 0. The second-order valence-corrected chi connectivity index (χ2v) is 7.71. The van der Waals surface area contributed by atoms with Gasteiger partial charge in [0.1, 0.15) is 0 Å². The Kier molecular flexibility index (Phi) is 3.39. The standard InChI is InChI=1S/C16H30/c1-13(2)7-5-6-8-15(3)9-10-16(4)12-14(16)11-15/h13-14H,5-12H2,1-4H3. The maximum Gasteiger partial charge on any atom is -0.0294 e. The lowest BCUT2D eigenvalue weighted by Gasteiger charge is -2.36. The van der Waals surface area contributed by atoms with Crippen molar-refractivity contribution in [2.24, 2.45) is 22.7 Å². The fraction of sp³-hybridized carbons (Fsp3) is 1.00. The molecule has 3 atom stereocenters. The molecule has 0 spiro atoms. The molecule has 0 heterocycles. The molecule has 0 amide bonds. The van der Waals surface area contributed by atoms with Crippen LogP contribution in [0.15, 0.2) is 0 Å². The van der Waals surface area contributed by atoms with Crippen molar-refractivity contribution >= 4 is 0 Å². The molecule has 0 nitrogen and oxygen atoms in total. The number of hydrogen-bond acceptors (Lipinski definition) is 0. The van der Waals surface area contributed by atoms with Crippen molar-refractivity contribution in [2.75, 3.05) is 0 Å². The van der Waals surface area contributed by atoms with Crippen molar-refractivity contribution < 1.29 is 0 Å². The molecule has 0 bridgehead atoms. The Morgan fingerprint density at radius 3 is 2.44 bits per heavy atom. The summed E-state index contributed by atoms with van der Waals surface area (Å²) in [5.41, 5.74) is 1.50. The molecule has 2 aliphatic rings. The topological polar surface area (TPSA) is 0 Å². The van der Waals surface area contributed by atoms with Gasteiger partial charge in [0.15, 0.2) is 0 Å². The second kappa shape index (κ2) is 4.35. The molecule has 2 rings (SSSR count). The minimum Gasteiger partial charge on any atom is -0.0628 e. The van der Waals surface area contributed by atoms with Crippen molar-refractivity contribution in [1.82, 2.24) is 0 Å². The summed E-state index contributed by atoms with van der Waals surface area (Å²) in [6, 6.07) is 0. The normalized spacial score (nSPS) is 42.2. The van der Waals surface area contributed by atoms with Crippen molar-refractivity contribution in [3.05, 3.63) is 0 Å². The van der Waals surface area contributed by atoms with Crippen LogP contribution in [0.3, 0.4) is 0 Å². The van der Waals surface area contributed by atoms with Gasteiger partial charge < -0.3 is 0 Å². The van der Waals surface area contributed by atoms with Crippen molar-refractivity contribution in [3.63, 3.8) is 0 Å². The molecule has 94 valence electrons. The summed E-state index contributed by atoms with van der Waals surface area (Å²) < 4.78 is 0. The molecule has 0 heteroatoms. The molecular weight excluding hydrogens is 192 g/mol. The average Bonchev–Trinajstić information content (AvgIpc) is 2.84. The highest BCUT2D eigenvalue weighted by molar-refractivity contribution is 5.05. The molecular formula is C16H30. The summed E-state index contributed by atoms with van der Waals surface area (Å²) in [6.45, 7) is 9.76. The molecule has 2 aliphatic carbocycles. The van der Waals surface area contributed by atoms with Crippen molar-refractivity contribution in [3.8, 4) is 0 Å². The zero-order chi connectivity index (χ0) is 11.8. The van der Waals surface area contributed by atoms with E-state index in [2.05, 4.69) is 27.7 Å². The Morgan fingerprint density at radius 2 is 1.81 bits per heavy atom. The van der Waals surface area contributed by atoms with Crippen LogP contribution in [0.25, 0.3) is 0 Å². The van der Waals surface area contributed by atoms with E-state index in [0.29, 0.717) is 5.41 Å². The number of hydrogen-bond donors (Lipinski definition) is 0. The van der Waals surface area contributed by atoms with E-state index in [4.69, 9.17) is 0 Å². The fourth-order valence-corrected chi connectivity index (χ4v) is 3.74. The van der Waals surface area contributed by atoms with Crippen LogP contribution in [-0.4, -0.2) is 0 Å². The van der Waals surface area contributed by atoms with Gasteiger partial charge >= 0.3 is 0 Å². The van der Waals surface area contributed by atoms with Gasteiger partial charge in [-0.1, -0.05) is 47.0 Å². The lowest BCUT2D eigenvalue weighted by Crippen LogP contribution is -2.24. The van der Waals surface area contributed by atoms with E-state index < -0.39 is 0 Å². The maximum atomic E-state index is 2.56. The summed E-state index contributed by atoms with van der Waals surface area (Å²) in [5, 5.41) is 0. The smallest absolute Gasteiger partial charge is 0.0294 e. The van der Waals surface area contributed by atoms with E-state index in [9.17, 15) is 0 Å². The molecule has 0 saturated heterocycles. The third kappa shape index (κ3) is 2.81. The van der Waals surface area contributed by atoms with Crippen LogP contribution in [0.5, 0.6) is 0 Å². The van der Waals surface area contributed by atoms with Gasteiger partial charge in [0, 0.05) is 0 Å². The van der Waals surface area contributed by atoms with E-state index in [1.165, 1.54) is 51.4 Å². The highest BCUT2D eigenvalue weighted by atomic mass is 14.6. The second-order valence-electron chi connectivity index (χ2n) is 7.71. The van der Waals surface area contributed by atoms with Gasteiger partial charge in [-0.3, -0.25) is 0 Å². The van der Waals surface area contributed by atoms with Gasteiger partial charge in [0.2, 0.25) is 0 Å². The van der Waals surface area contributed by atoms with Crippen LogP contribution in [0.1, 0.15) is 79.1 Å². The van der Waals surface area contributed by atoms with Gasteiger partial charge in [0.25, 0.3) is 0 Å². The average molecular weight is 222 g/mol. The van der Waals surface area contributed by atoms with Crippen LogP contribution in [0.4, 0.5) is 0 Å². The lowest BCUT2D eigenvalue weighted by molar-refractivity contribution is 0.153. The van der Waals surface area contributed by atoms with Gasteiger partial charge in [-0.15, -0.1) is 0 Å². The number of fused-ring (bicyclic) bond motifs is 1. The Morgan fingerprint density at radius 1 is 1.06 bits per heavy atom. The SMILES string of the molecule is CC(C)CCCCC1(C)CCC2(C)CC2C1. The van der Waals surface area contributed by atoms with Crippen LogP contribution in [0, 0.1) is 22.7 Å². The molecule has 2 saturated carbocycles. The first-order valence-corrected chi connectivity index (χ1v) is 7.44. The maximum absolute atomic E-state index is 2.56. The van der Waals surface area contributed by atoms with E-state index in [-0.39, 0.29) is 0 Å². The molecule has 0 aromatic rings. The van der Waals surface area contributed by atoms with Gasteiger partial charge in [-0.05, 0) is 54.8 Å². The van der Waals surface area contributed by atoms with Gasteiger partial charge in [-0.25, -0.2) is 0 Å². The van der Waals surface area contributed by atoms with Crippen molar-refractivity contribution in [2.45, 2.75) is 79.1 Å². The Bertz CT molecular complexity index is 242. The highest BCUT2D eigenvalue weighted by Crippen LogP contribution is 2.65. The van der Waals surface area contributed by atoms with Gasteiger partial charge in [-0.2, -0.15) is 0 Å². The van der Waals surface area contributed by atoms with Crippen LogP contribution < -0.4 is 0 Å². The fourth-order valence-electron chi connectivity index (χ4n) is 3.74. The first-order chi connectivity index (χ1) is 7.44. The van der Waals surface area contributed by atoms with Gasteiger partial charge in [0.05, 0.1) is 0 Å². The molecule has 0 aromatic carbocycles. The van der Waals surface area contributed by atoms with Crippen molar-refractivity contribution in [1.29, 1.82) is 0 Å². The Balaban J connectivity index is 1.69. The van der Waals surface area contributed by atoms with Crippen LogP contribution >= 0.6 is 0 Å². The minimum atomic E-state index is 0.706. The summed E-state index contributed by atoms with van der Waals surface area (Å²) >= 11 is 0. The van der Waals surface area contributed by atoms with E-state index >= 15 is 0 Å². The zero-order valence-corrected chi connectivity index (χ0v) is 11.8. The lowest BCUT2D eigenvalue weighted by atomic mass is 9.69. The van der Waals surface area contributed by atoms with Crippen LogP contribution in [0.2, 0.25) is 0 Å². The third-order valence-corrected chi connectivity index (χ3v) is 5.39. The Labute approximate surface area is 102 Å². The largest absolute Gasteiger partial charge is 0.0628 e. The quantitative estimate of drug-likeness (QED) is 0.545. The first kappa shape index (κ1) is 12.5. The highest BCUT2D eigenvalue weighted by Gasteiger charge is 2.55. The molecule has 3 unspecified atom stereocenters. The Hall–Kier alpha value is 0. The first-order valence-electron chi connectivity index (χ1n) is 7.44. The van der Waals surface area contributed by atoms with E-state index in [1.54, 1.807) is 0 Å². The van der Waals surface area contributed by atoms with E-state index in [1.807, 2.05) is 0 Å². The zero-order valence-electron chi connectivity index (χ0n) is 11.8. The molecule has 0 aromatic heterocycles. The molecule has 0 radical (unpaired) electrons. The van der Waals surface area contributed by atoms with E-state index in [0.717, 1.165) is 17.3 Å². The molecule has 0 aliphatic heterocycles. The summed E-state index contributed by atoms with van der Waals surface area (Å²) in [4.78, 5) is 0.